The van der Waals surface area contributed by atoms with Gasteiger partial charge in [0.25, 0.3) is 5.91 Å². The molecule has 0 radical (unpaired) electrons. The fourth-order valence-electron chi connectivity index (χ4n) is 3.53. The number of halogens is 2. The number of rotatable bonds is 8. The van der Waals surface area contributed by atoms with Crippen LogP contribution in [0.2, 0.25) is 5.02 Å². The molecule has 0 unspecified atom stereocenters. The van der Waals surface area contributed by atoms with Crippen molar-refractivity contribution in [2.45, 2.75) is 13.5 Å². The number of esters is 1. The number of carbonyl (C=O) groups is 2. The summed E-state index contributed by atoms with van der Waals surface area (Å²) < 4.78 is 30.2. The molecule has 0 N–H and O–H groups in total. The van der Waals surface area contributed by atoms with Gasteiger partial charge in [0.05, 0.1) is 34.9 Å². The summed E-state index contributed by atoms with van der Waals surface area (Å²) in [5, 5.41) is 0.736. The van der Waals surface area contributed by atoms with Crippen LogP contribution in [0, 0.1) is 5.82 Å². The van der Waals surface area contributed by atoms with Gasteiger partial charge in [0.2, 0.25) is 0 Å². The van der Waals surface area contributed by atoms with E-state index in [0.29, 0.717) is 44.8 Å². The van der Waals surface area contributed by atoms with Crippen molar-refractivity contribution in [1.29, 1.82) is 0 Å². The van der Waals surface area contributed by atoms with Gasteiger partial charge in [-0.2, -0.15) is 0 Å². The van der Waals surface area contributed by atoms with Crippen molar-refractivity contribution in [3.8, 4) is 11.5 Å². The van der Waals surface area contributed by atoms with Gasteiger partial charge in [0.1, 0.15) is 12.4 Å². The van der Waals surface area contributed by atoms with Gasteiger partial charge in [-0.15, -0.1) is 0 Å². The Kier molecular flexibility index (Phi) is 8.70. The van der Waals surface area contributed by atoms with Crippen LogP contribution in [0.3, 0.4) is 0 Å². The molecular weight excluding hydrogens is 531 g/mol. The van der Waals surface area contributed by atoms with Crippen LogP contribution >= 0.6 is 23.4 Å². The lowest BCUT2D eigenvalue weighted by atomic mass is 10.1. The summed E-state index contributed by atoms with van der Waals surface area (Å²) in [5.74, 6) is -0.392. The van der Waals surface area contributed by atoms with E-state index in [1.807, 2.05) is 0 Å². The van der Waals surface area contributed by atoms with Crippen molar-refractivity contribution >= 4 is 52.2 Å². The number of nitrogens with zero attached hydrogens (tertiary/aromatic N) is 2. The van der Waals surface area contributed by atoms with E-state index in [-0.39, 0.29) is 29.1 Å². The number of hydrogen-bond acceptors (Lipinski definition) is 7. The number of amidine groups is 1. The fourth-order valence-corrected chi connectivity index (χ4v) is 4.79. The normalized spacial score (nSPS) is 15.3. The number of hydrogen-bond donors (Lipinski definition) is 0. The smallest absolute Gasteiger partial charge is 0.338 e. The second-order valence-corrected chi connectivity index (χ2v) is 9.47. The third-order valence-electron chi connectivity index (χ3n) is 5.49. The highest BCUT2D eigenvalue weighted by Gasteiger charge is 2.30. The second-order valence-electron chi connectivity index (χ2n) is 8.05. The van der Waals surface area contributed by atoms with Crippen LogP contribution < -0.4 is 9.47 Å². The Labute approximate surface area is 228 Å². The molecule has 7 nitrogen and oxygen atoms in total. The summed E-state index contributed by atoms with van der Waals surface area (Å²) in [6, 6.07) is 16.3. The van der Waals surface area contributed by atoms with Crippen molar-refractivity contribution in [2.75, 3.05) is 20.8 Å². The predicted molar refractivity (Wildman–Crippen MR) is 147 cm³/mol. The lowest BCUT2D eigenvalue weighted by Gasteiger charge is -2.14. The first-order valence-electron chi connectivity index (χ1n) is 11.6. The van der Waals surface area contributed by atoms with Gasteiger partial charge < -0.3 is 14.2 Å². The van der Waals surface area contributed by atoms with E-state index in [0.717, 1.165) is 0 Å². The Balaban J connectivity index is 1.53. The zero-order chi connectivity index (χ0) is 27.2. The second kappa shape index (κ2) is 12.1. The Morgan fingerprint density at radius 1 is 1.16 bits per heavy atom. The predicted octanol–water partition coefficient (Wildman–Crippen LogP) is 6.48. The third-order valence-corrected chi connectivity index (χ3v) is 6.83. The van der Waals surface area contributed by atoms with Gasteiger partial charge in [-0.1, -0.05) is 29.8 Å². The summed E-state index contributed by atoms with van der Waals surface area (Å²) in [7, 11) is 3.11. The topological polar surface area (TPSA) is 77.4 Å². The molecule has 4 rings (SSSR count). The molecule has 3 aromatic carbocycles. The molecule has 1 fully saturated rings. The summed E-state index contributed by atoms with van der Waals surface area (Å²) in [5.41, 5.74) is 2.01. The first-order valence-corrected chi connectivity index (χ1v) is 12.8. The quantitative estimate of drug-likeness (QED) is 0.234. The number of likely N-dealkylation sites (N-methyl/N-ethyl adjacent to an activating group) is 1. The van der Waals surface area contributed by atoms with Gasteiger partial charge in [-0.25, -0.2) is 14.2 Å². The molecule has 1 aliphatic heterocycles. The van der Waals surface area contributed by atoms with Crippen LogP contribution in [0.4, 0.5) is 10.1 Å². The lowest BCUT2D eigenvalue weighted by molar-refractivity contribution is -0.121. The van der Waals surface area contributed by atoms with E-state index in [4.69, 9.17) is 25.8 Å². The first kappa shape index (κ1) is 27.2. The van der Waals surface area contributed by atoms with Crippen molar-refractivity contribution in [2.24, 2.45) is 4.99 Å². The molecule has 3 aromatic rings. The minimum absolute atomic E-state index is 0.0249. The number of amides is 1. The molecule has 38 heavy (non-hydrogen) atoms. The molecule has 1 saturated heterocycles. The van der Waals surface area contributed by atoms with Gasteiger partial charge >= 0.3 is 5.97 Å². The van der Waals surface area contributed by atoms with Crippen LogP contribution in [0.15, 0.2) is 70.6 Å². The van der Waals surface area contributed by atoms with E-state index in [9.17, 15) is 14.0 Å². The monoisotopic (exact) mass is 554 g/mol. The molecule has 1 aliphatic rings. The number of ether oxygens (including phenoxy) is 3. The molecule has 0 saturated carbocycles. The van der Waals surface area contributed by atoms with E-state index in [1.165, 1.54) is 29.8 Å². The average Bonchev–Trinajstić information content (AvgIpc) is 3.16. The number of benzene rings is 3. The lowest BCUT2D eigenvalue weighted by Crippen LogP contribution is -2.23. The van der Waals surface area contributed by atoms with Gasteiger partial charge in [-0.05, 0) is 72.8 Å². The maximum absolute atomic E-state index is 14.0. The Bertz CT molecular complexity index is 1430. The molecule has 196 valence electrons. The zero-order valence-corrected chi connectivity index (χ0v) is 22.4. The van der Waals surface area contributed by atoms with Gasteiger partial charge in [0, 0.05) is 12.6 Å². The largest absolute Gasteiger partial charge is 0.493 e. The Hall–Kier alpha value is -3.82. The molecule has 0 bridgehead atoms. The SMILES string of the molecule is CCOC(=O)c1ccc(N=C2SC(=Cc3cc(Cl)c(OCc4ccccc4F)c(OC)c3)C(=O)N2C)cc1. The average molecular weight is 555 g/mol. The van der Waals surface area contributed by atoms with E-state index in [1.54, 1.807) is 74.6 Å². The molecule has 1 amide bonds. The highest BCUT2D eigenvalue weighted by Crippen LogP contribution is 2.39. The van der Waals surface area contributed by atoms with Crippen LogP contribution in [0.25, 0.3) is 6.08 Å². The van der Waals surface area contributed by atoms with Crippen molar-refractivity contribution in [3.05, 3.63) is 93.1 Å². The van der Waals surface area contributed by atoms with E-state index < -0.39 is 5.97 Å². The minimum atomic E-state index is -0.405. The van der Waals surface area contributed by atoms with E-state index >= 15 is 0 Å². The minimum Gasteiger partial charge on any atom is -0.493 e. The number of thioether (sulfide) groups is 1. The van der Waals surface area contributed by atoms with E-state index in [2.05, 4.69) is 4.99 Å². The fraction of sp³-hybridized carbons (Fsp3) is 0.179. The molecule has 0 spiro atoms. The van der Waals surface area contributed by atoms with Crippen LogP contribution in [0.1, 0.15) is 28.4 Å². The number of methoxy groups -OCH3 is 1. The standard InChI is InChI=1S/C28H24ClFN2O5S/c1-4-36-27(34)18-9-11-20(12-10-18)31-28-32(2)26(33)24(38-28)15-17-13-21(29)25(23(14-17)35-3)37-16-19-7-5-6-8-22(19)30/h5-15H,4,16H2,1-3H3. The van der Waals surface area contributed by atoms with Crippen molar-refractivity contribution in [1.82, 2.24) is 4.90 Å². The number of aliphatic imine (C=N–C) groups is 1. The van der Waals surface area contributed by atoms with Crippen molar-refractivity contribution < 1.29 is 28.2 Å². The molecule has 0 atom stereocenters. The van der Waals surface area contributed by atoms with Crippen LogP contribution in [-0.2, 0) is 16.1 Å². The van der Waals surface area contributed by atoms with Crippen LogP contribution in [-0.4, -0.2) is 42.7 Å². The molecular formula is C28H24ClFN2O5S. The summed E-state index contributed by atoms with van der Waals surface area (Å²) >= 11 is 7.68. The molecule has 10 heteroatoms. The summed E-state index contributed by atoms with van der Waals surface area (Å²) in [6.07, 6.45) is 1.69. The highest BCUT2D eigenvalue weighted by atomic mass is 35.5. The summed E-state index contributed by atoms with van der Waals surface area (Å²) in [6.45, 7) is 2.01. The molecule has 0 aromatic heterocycles. The Morgan fingerprint density at radius 2 is 1.89 bits per heavy atom. The number of carbonyl (C=O) groups excluding carboxylic acids is 2. The van der Waals surface area contributed by atoms with Crippen molar-refractivity contribution in [3.63, 3.8) is 0 Å². The first-order chi connectivity index (χ1) is 18.3. The molecule has 0 aliphatic carbocycles. The third kappa shape index (κ3) is 6.17. The summed E-state index contributed by atoms with van der Waals surface area (Å²) in [4.78, 5) is 31.2. The maximum Gasteiger partial charge on any atom is 0.338 e. The maximum atomic E-state index is 14.0. The highest BCUT2D eigenvalue weighted by molar-refractivity contribution is 8.18. The molecule has 1 heterocycles. The van der Waals surface area contributed by atoms with Gasteiger partial charge in [-0.3, -0.25) is 9.69 Å². The van der Waals surface area contributed by atoms with Gasteiger partial charge in [0.15, 0.2) is 16.7 Å². The zero-order valence-electron chi connectivity index (χ0n) is 20.9. The Morgan fingerprint density at radius 3 is 2.58 bits per heavy atom. The van der Waals surface area contributed by atoms with Crippen LogP contribution in [0.5, 0.6) is 11.5 Å².